The lowest BCUT2D eigenvalue weighted by atomic mass is 10.1. The highest BCUT2D eigenvalue weighted by molar-refractivity contribution is 8.00. The number of alkyl halides is 3. The van der Waals surface area contributed by atoms with Crippen molar-refractivity contribution in [1.82, 2.24) is 9.88 Å². The van der Waals surface area contributed by atoms with Gasteiger partial charge in [0.05, 0.1) is 24.4 Å². The third-order valence-corrected chi connectivity index (χ3v) is 5.65. The summed E-state index contributed by atoms with van der Waals surface area (Å²) in [5.74, 6) is 0.491. The van der Waals surface area contributed by atoms with Crippen molar-refractivity contribution in [3.05, 3.63) is 23.9 Å². The number of hydrogen-bond acceptors (Lipinski definition) is 4. The molecule has 24 heavy (non-hydrogen) atoms. The molecule has 1 saturated heterocycles. The number of carbonyl (C=O) groups is 1. The normalized spacial score (nSPS) is 19.4. The number of pyridine rings is 1. The van der Waals surface area contributed by atoms with E-state index in [0.717, 1.165) is 18.3 Å². The van der Waals surface area contributed by atoms with Crippen LogP contribution in [0.15, 0.2) is 18.3 Å². The lowest BCUT2D eigenvalue weighted by Gasteiger charge is -2.38. The van der Waals surface area contributed by atoms with Crippen LogP contribution in [0, 0.1) is 0 Å². The molecule has 1 aliphatic heterocycles. The van der Waals surface area contributed by atoms with Gasteiger partial charge in [0.1, 0.15) is 6.10 Å². The summed E-state index contributed by atoms with van der Waals surface area (Å²) < 4.78 is 43.4. The molecule has 0 N–H and O–H groups in total. The summed E-state index contributed by atoms with van der Waals surface area (Å²) in [5.41, 5.74) is -0.785. The second-order valence-corrected chi connectivity index (χ2v) is 7.43. The van der Waals surface area contributed by atoms with E-state index in [2.05, 4.69) is 4.98 Å². The Labute approximate surface area is 142 Å². The maximum atomic E-state index is 12.6. The highest BCUT2D eigenvalue weighted by Crippen LogP contribution is 2.31. The molecule has 4 nitrogen and oxygen atoms in total. The predicted molar refractivity (Wildman–Crippen MR) is 84.9 cm³/mol. The molecule has 132 valence electrons. The maximum Gasteiger partial charge on any atom is 0.416 e. The smallest absolute Gasteiger partial charge is 0.416 e. The largest absolute Gasteiger partial charge is 0.471 e. The van der Waals surface area contributed by atoms with Gasteiger partial charge in [0, 0.05) is 17.5 Å². The first-order valence-corrected chi connectivity index (χ1v) is 9.06. The van der Waals surface area contributed by atoms with Gasteiger partial charge in [0.2, 0.25) is 11.8 Å². The Balaban J connectivity index is 1.42. The van der Waals surface area contributed by atoms with Crippen LogP contribution >= 0.6 is 11.8 Å². The molecule has 1 amide bonds. The molecule has 0 atom stereocenters. The fourth-order valence-electron chi connectivity index (χ4n) is 2.87. The SMILES string of the molecule is O=C(CSC1CCCC1)N1CC(Oc2cc(C(F)(F)F)ccn2)C1. The molecule has 1 aliphatic carbocycles. The van der Waals surface area contributed by atoms with E-state index in [9.17, 15) is 18.0 Å². The van der Waals surface area contributed by atoms with Gasteiger partial charge < -0.3 is 9.64 Å². The van der Waals surface area contributed by atoms with Gasteiger partial charge in [-0.3, -0.25) is 4.79 Å². The van der Waals surface area contributed by atoms with Gasteiger partial charge in [-0.05, 0) is 18.9 Å². The van der Waals surface area contributed by atoms with Crippen molar-refractivity contribution in [3.63, 3.8) is 0 Å². The van der Waals surface area contributed by atoms with Crippen molar-refractivity contribution in [1.29, 1.82) is 0 Å². The Hall–Kier alpha value is -1.44. The standard InChI is InChI=1S/C16H19F3N2O2S/c17-16(18,19)11-5-6-20-14(7-11)23-12-8-21(9-12)15(22)10-24-13-3-1-2-4-13/h5-7,12-13H,1-4,8-10H2. The van der Waals surface area contributed by atoms with E-state index < -0.39 is 11.7 Å². The molecule has 0 unspecified atom stereocenters. The zero-order chi connectivity index (χ0) is 17.2. The molecule has 2 aliphatic rings. The van der Waals surface area contributed by atoms with Crippen LogP contribution in [-0.2, 0) is 11.0 Å². The molecule has 1 aromatic rings. The fraction of sp³-hybridized carbons (Fsp3) is 0.625. The molecule has 2 heterocycles. The van der Waals surface area contributed by atoms with Crippen LogP contribution in [0.2, 0.25) is 0 Å². The van der Waals surface area contributed by atoms with Crippen LogP contribution in [0.5, 0.6) is 5.88 Å². The first-order chi connectivity index (χ1) is 11.4. The average Bonchev–Trinajstić information content (AvgIpc) is 3.01. The molecule has 0 radical (unpaired) electrons. The van der Waals surface area contributed by atoms with Gasteiger partial charge in [0.15, 0.2) is 0 Å². The first-order valence-electron chi connectivity index (χ1n) is 8.01. The third kappa shape index (κ3) is 4.34. The number of hydrogen-bond donors (Lipinski definition) is 0. The number of halogens is 3. The summed E-state index contributed by atoms with van der Waals surface area (Å²) in [6.45, 7) is 0.809. The van der Waals surface area contributed by atoms with Gasteiger partial charge in [-0.1, -0.05) is 12.8 Å². The number of rotatable bonds is 5. The molecular weight excluding hydrogens is 341 g/mol. The highest BCUT2D eigenvalue weighted by Gasteiger charge is 2.34. The minimum Gasteiger partial charge on any atom is -0.471 e. The number of likely N-dealkylation sites (tertiary alicyclic amines) is 1. The van der Waals surface area contributed by atoms with Gasteiger partial charge in [-0.2, -0.15) is 13.2 Å². The summed E-state index contributed by atoms with van der Waals surface area (Å²) in [6, 6.07) is 1.80. The lowest BCUT2D eigenvalue weighted by Crippen LogP contribution is -2.56. The van der Waals surface area contributed by atoms with Gasteiger partial charge >= 0.3 is 6.18 Å². The Kier molecular flexibility index (Phi) is 5.22. The summed E-state index contributed by atoms with van der Waals surface area (Å²) in [4.78, 5) is 17.5. The molecule has 1 aromatic heterocycles. The van der Waals surface area contributed by atoms with Crippen LogP contribution in [0.4, 0.5) is 13.2 Å². The second kappa shape index (κ2) is 7.21. The summed E-state index contributed by atoms with van der Waals surface area (Å²) in [7, 11) is 0. The summed E-state index contributed by atoms with van der Waals surface area (Å²) in [6.07, 6.45) is 1.24. The zero-order valence-corrected chi connectivity index (χ0v) is 13.9. The predicted octanol–water partition coefficient (Wildman–Crippen LogP) is 3.37. The Morgan fingerprint density at radius 3 is 2.71 bits per heavy atom. The van der Waals surface area contributed by atoms with Crippen LogP contribution in [0.25, 0.3) is 0 Å². The van der Waals surface area contributed by atoms with E-state index >= 15 is 0 Å². The van der Waals surface area contributed by atoms with E-state index in [-0.39, 0.29) is 17.9 Å². The molecule has 0 spiro atoms. The number of aromatic nitrogens is 1. The van der Waals surface area contributed by atoms with Crippen molar-refractivity contribution in [2.45, 2.75) is 43.2 Å². The van der Waals surface area contributed by atoms with E-state index in [1.165, 1.54) is 25.7 Å². The monoisotopic (exact) mass is 360 g/mol. The number of nitrogens with zero attached hydrogens (tertiary/aromatic N) is 2. The van der Waals surface area contributed by atoms with Crippen molar-refractivity contribution in [2.75, 3.05) is 18.8 Å². The molecule has 3 rings (SSSR count). The van der Waals surface area contributed by atoms with Gasteiger partial charge in [-0.25, -0.2) is 4.98 Å². The molecule has 0 bridgehead atoms. The quantitative estimate of drug-likeness (QED) is 0.808. The van der Waals surface area contributed by atoms with E-state index in [4.69, 9.17) is 4.74 Å². The first kappa shape index (κ1) is 17.4. The molecule has 2 fully saturated rings. The summed E-state index contributed by atoms with van der Waals surface area (Å²) in [5, 5.41) is 0.594. The molecular formula is C16H19F3N2O2S. The van der Waals surface area contributed by atoms with Crippen LogP contribution in [0.1, 0.15) is 31.2 Å². The third-order valence-electron chi connectivity index (χ3n) is 4.30. The minimum atomic E-state index is -4.42. The van der Waals surface area contributed by atoms with Crippen LogP contribution in [0.3, 0.4) is 0 Å². The van der Waals surface area contributed by atoms with E-state index in [1.54, 1.807) is 16.7 Å². The summed E-state index contributed by atoms with van der Waals surface area (Å²) >= 11 is 1.71. The maximum absolute atomic E-state index is 12.6. The van der Waals surface area contributed by atoms with Crippen LogP contribution in [-0.4, -0.2) is 46.0 Å². The van der Waals surface area contributed by atoms with E-state index in [1.807, 2.05) is 0 Å². The second-order valence-electron chi connectivity index (χ2n) is 6.14. The number of ether oxygens (including phenoxy) is 1. The Morgan fingerprint density at radius 1 is 1.33 bits per heavy atom. The van der Waals surface area contributed by atoms with Crippen molar-refractivity contribution in [2.24, 2.45) is 0 Å². The van der Waals surface area contributed by atoms with Crippen LogP contribution < -0.4 is 4.74 Å². The topological polar surface area (TPSA) is 42.4 Å². The van der Waals surface area contributed by atoms with Gasteiger partial charge in [0.25, 0.3) is 0 Å². The minimum absolute atomic E-state index is 0.0535. The van der Waals surface area contributed by atoms with Crippen molar-refractivity contribution >= 4 is 17.7 Å². The number of carbonyl (C=O) groups excluding carboxylic acids is 1. The fourth-order valence-corrected chi connectivity index (χ4v) is 4.10. The van der Waals surface area contributed by atoms with Crippen molar-refractivity contribution < 1.29 is 22.7 Å². The average molecular weight is 360 g/mol. The molecule has 8 heteroatoms. The number of amides is 1. The van der Waals surface area contributed by atoms with Gasteiger partial charge in [-0.15, -0.1) is 11.8 Å². The Morgan fingerprint density at radius 2 is 2.04 bits per heavy atom. The Bertz CT molecular complexity index is 585. The lowest BCUT2D eigenvalue weighted by molar-refractivity contribution is -0.138. The van der Waals surface area contributed by atoms with Crippen molar-refractivity contribution in [3.8, 4) is 5.88 Å². The molecule has 0 aromatic carbocycles. The van der Waals surface area contributed by atoms with E-state index in [0.29, 0.717) is 24.1 Å². The molecule has 1 saturated carbocycles. The zero-order valence-electron chi connectivity index (χ0n) is 13.1. The highest BCUT2D eigenvalue weighted by atomic mass is 32.2. The number of thioether (sulfide) groups is 1.